The van der Waals surface area contributed by atoms with Crippen molar-refractivity contribution in [3.8, 4) is 0 Å². The van der Waals surface area contributed by atoms with Crippen molar-refractivity contribution >= 4 is 27.6 Å². The fourth-order valence-electron chi connectivity index (χ4n) is 2.39. The molecule has 0 aromatic heterocycles. The number of guanidine groups is 1. The number of hydrogen-bond donors (Lipinski definition) is 1. The second kappa shape index (κ2) is 5.44. The Morgan fingerprint density at radius 2 is 1.81 bits per heavy atom. The molecule has 108 valence electrons. The summed E-state index contributed by atoms with van der Waals surface area (Å²) < 4.78 is 27.5. The van der Waals surface area contributed by atoms with Crippen LogP contribution in [0.25, 0.3) is 0 Å². The number of rotatable bonds is 2. The van der Waals surface area contributed by atoms with Gasteiger partial charge in [-0.1, -0.05) is 22.0 Å². The van der Waals surface area contributed by atoms with Crippen molar-refractivity contribution in [3.05, 3.63) is 64.1 Å². The highest BCUT2D eigenvalue weighted by atomic mass is 79.9. The molecule has 2 N–H and O–H groups in total. The Hall–Kier alpha value is -1.95. The highest BCUT2D eigenvalue weighted by Gasteiger charge is 2.29. The van der Waals surface area contributed by atoms with E-state index in [1.54, 1.807) is 6.07 Å². The van der Waals surface area contributed by atoms with Crippen LogP contribution >= 0.6 is 15.9 Å². The van der Waals surface area contributed by atoms with Crippen LogP contribution in [-0.2, 0) is 0 Å². The number of nitrogens with zero attached hydrogens (tertiary/aromatic N) is 2. The van der Waals surface area contributed by atoms with Gasteiger partial charge in [0.15, 0.2) is 17.6 Å². The van der Waals surface area contributed by atoms with Gasteiger partial charge in [-0.25, -0.2) is 8.78 Å². The summed E-state index contributed by atoms with van der Waals surface area (Å²) >= 11 is 3.38. The lowest BCUT2D eigenvalue weighted by molar-refractivity contribution is 0.505. The first-order valence-electron chi connectivity index (χ1n) is 6.36. The Morgan fingerprint density at radius 1 is 1.10 bits per heavy atom. The molecule has 21 heavy (non-hydrogen) atoms. The number of aliphatic imine (C=N–C) groups is 1. The van der Waals surface area contributed by atoms with Crippen molar-refractivity contribution in [3.63, 3.8) is 0 Å². The molecule has 3 rings (SSSR count). The van der Waals surface area contributed by atoms with Gasteiger partial charge in [0.05, 0.1) is 12.6 Å². The van der Waals surface area contributed by atoms with E-state index in [1.807, 2.05) is 29.2 Å². The van der Waals surface area contributed by atoms with Crippen LogP contribution in [0, 0.1) is 11.6 Å². The van der Waals surface area contributed by atoms with Crippen LogP contribution in [0.2, 0.25) is 0 Å². The summed E-state index contributed by atoms with van der Waals surface area (Å²) in [7, 11) is 0. The highest BCUT2D eigenvalue weighted by molar-refractivity contribution is 9.10. The Balaban J connectivity index is 1.98. The van der Waals surface area contributed by atoms with E-state index in [-0.39, 0.29) is 6.04 Å². The molecule has 1 atom stereocenters. The van der Waals surface area contributed by atoms with E-state index >= 15 is 0 Å². The van der Waals surface area contributed by atoms with Crippen LogP contribution in [0.4, 0.5) is 14.5 Å². The van der Waals surface area contributed by atoms with Gasteiger partial charge in [-0.2, -0.15) is 0 Å². The summed E-state index contributed by atoms with van der Waals surface area (Å²) in [5, 5.41) is 0. The highest BCUT2D eigenvalue weighted by Crippen LogP contribution is 2.32. The zero-order chi connectivity index (χ0) is 15.0. The summed E-state index contributed by atoms with van der Waals surface area (Å²) in [5.41, 5.74) is 7.43. The second-order valence-corrected chi connectivity index (χ2v) is 5.65. The number of hydrogen-bond acceptors (Lipinski definition) is 3. The van der Waals surface area contributed by atoms with E-state index in [0.29, 0.717) is 18.1 Å². The van der Waals surface area contributed by atoms with Gasteiger partial charge < -0.3 is 10.6 Å². The van der Waals surface area contributed by atoms with Crippen LogP contribution in [0.1, 0.15) is 11.6 Å². The van der Waals surface area contributed by atoms with E-state index < -0.39 is 11.6 Å². The molecule has 2 aromatic carbocycles. The van der Waals surface area contributed by atoms with Gasteiger partial charge in [0.25, 0.3) is 0 Å². The Morgan fingerprint density at radius 3 is 2.48 bits per heavy atom. The maximum Gasteiger partial charge on any atom is 0.196 e. The summed E-state index contributed by atoms with van der Waals surface area (Å²) in [6.45, 7) is 0.410. The van der Waals surface area contributed by atoms with Gasteiger partial charge in [-0.15, -0.1) is 0 Å². The van der Waals surface area contributed by atoms with E-state index in [0.717, 1.165) is 16.2 Å². The van der Waals surface area contributed by atoms with E-state index in [4.69, 9.17) is 5.73 Å². The zero-order valence-corrected chi connectivity index (χ0v) is 12.5. The molecule has 0 saturated carbocycles. The smallest absolute Gasteiger partial charge is 0.196 e. The molecule has 2 aromatic rings. The van der Waals surface area contributed by atoms with Gasteiger partial charge >= 0.3 is 0 Å². The van der Waals surface area contributed by atoms with Gasteiger partial charge in [0.2, 0.25) is 0 Å². The monoisotopic (exact) mass is 351 g/mol. The first-order chi connectivity index (χ1) is 10.1. The van der Waals surface area contributed by atoms with Crippen LogP contribution < -0.4 is 10.6 Å². The molecular formula is C15H12BrF2N3. The molecule has 6 heteroatoms. The Bertz CT molecular complexity index is 701. The van der Waals surface area contributed by atoms with E-state index in [9.17, 15) is 8.78 Å². The minimum absolute atomic E-state index is 0.235. The normalized spacial score (nSPS) is 18.0. The minimum atomic E-state index is -0.867. The first kappa shape index (κ1) is 14.0. The molecule has 0 amide bonds. The van der Waals surface area contributed by atoms with Gasteiger partial charge in [-0.05, 0) is 42.0 Å². The molecule has 1 aliphatic rings. The molecule has 0 radical (unpaired) electrons. The summed E-state index contributed by atoms with van der Waals surface area (Å²) in [6.07, 6.45) is 0. The second-order valence-electron chi connectivity index (χ2n) is 4.73. The fraction of sp³-hybridized carbons (Fsp3) is 0.133. The van der Waals surface area contributed by atoms with E-state index in [1.165, 1.54) is 6.07 Å². The summed E-state index contributed by atoms with van der Waals surface area (Å²) in [4.78, 5) is 6.04. The fourth-order valence-corrected chi connectivity index (χ4v) is 2.65. The van der Waals surface area contributed by atoms with Crippen molar-refractivity contribution in [2.24, 2.45) is 10.7 Å². The topological polar surface area (TPSA) is 41.6 Å². The van der Waals surface area contributed by atoms with Gasteiger partial charge in [0, 0.05) is 10.2 Å². The molecular weight excluding hydrogens is 340 g/mol. The molecule has 1 unspecified atom stereocenters. The number of benzene rings is 2. The SMILES string of the molecule is NC1=NCC(c2ccc(F)c(F)c2)N1c1ccc(Br)cc1. The molecule has 3 nitrogen and oxygen atoms in total. The average Bonchev–Trinajstić information content (AvgIpc) is 2.85. The van der Waals surface area contributed by atoms with Gasteiger partial charge in [-0.3, -0.25) is 4.99 Å². The molecule has 0 fully saturated rings. The largest absolute Gasteiger partial charge is 0.369 e. The van der Waals surface area contributed by atoms with Crippen molar-refractivity contribution in [2.45, 2.75) is 6.04 Å². The maximum absolute atomic E-state index is 13.4. The predicted octanol–water partition coefficient (Wildman–Crippen LogP) is 3.60. The van der Waals surface area contributed by atoms with Crippen molar-refractivity contribution in [2.75, 3.05) is 11.4 Å². The zero-order valence-electron chi connectivity index (χ0n) is 10.9. The van der Waals surface area contributed by atoms with Crippen molar-refractivity contribution < 1.29 is 8.78 Å². The third-order valence-electron chi connectivity index (χ3n) is 3.42. The van der Waals surface area contributed by atoms with Crippen LogP contribution in [0.15, 0.2) is 51.9 Å². The predicted molar refractivity (Wildman–Crippen MR) is 82.2 cm³/mol. The standard InChI is InChI=1S/C15H12BrF2N3/c16-10-2-4-11(5-3-10)21-14(8-20-15(21)19)9-1-6-12(17)13(18)7-9/h1-7,14H,8H2,(H2,19,20). The molecule has 0 aliphatic carbocycles. The Labute approximate surface area is 129 Å². The average molecular weight is 352 g/mol. The Kier molecular flexibility index (Phi) is 3.63. The van der Waals surface area contributed by atoms with Crippen LogP contribution in [-0.4, -0.2) is 12.5 Å². The van der Waals surface area contributed by atoms with Crippen LogP contribution in [0.3, 0.4) is 0 Å². The first-order valence-corrected chi connectivity index (χ1v) is 7.15. The lowest BCUT2D eigenvalue weighted by Gasteiger charge is -2.26. The molecule has 0 spiro atoms. The summed E-state index contributed by atoms with van der Waals surface area (Å²) in [6, 6.07) is 11.2. The summed E-state index contributed by atoms with van der Waals surface area (Å²) in [5.74, 6) is -1.36. The maximum atomic E-state index is 13.4. The third kappa shape index (κ3) is 2.63. The number of nitrogens with two attached hydrogens (primary N) is 1. The lowest BCUT2D eigenvalue weighted by Crippen LogP contribution is -2.36. The third-order valence-corrected chi connectivity index (χ3v) is 3.95. The number of halogens is 3. The molecule has 0 bridgehead atoms. The molecule has 1 aliphatic heterocycles. The number of anilines is 1. The lowest BCUT2D eigenvalue weighted by atomic mass is 10.1. The van der Waals surface area contributed by atoms with Crippen molar-refractivity contribution in [1.82, 2.24) is 0 Å². The molecule has 1 heterocycles. The van der Waals surface area contributed by atoms with Crippen LogP contribution in [0.5, 0.6) is 0 Å². The minimum Gasteiger partial charge on any atom is -0.369 e. The van der Waals surface area contributed by atoms with Gasteiger partial charge in [0.1, 0.15) is 0 Å². The van der Waals surface area contributed by atoms with E-state index in [2.05, 4.69) is 20.9 Å². The van der Waals surface area contributed by atoms with Crippen molar-refractivity contribution in [1.29, 1.82) is 0 Å². The molecule has 0 saturated heterocycles. The quantitative estimate of drug-likeness (QED) is 0.897.